The lowest BCUT2D eigenvalue weighted by Crippen LogP contribution is -2.40. The fourth-order valence-corrected chi connectivity index (χ4v) is 2.77. The van der Waals surface area contributed by atoms with Crippen LogP contribution in [0.1, 0.15) is 6.42 Å². The number of carbonyl (C=O) groups excluding carboxylic acids is 1. The second-order valence-corrected chi connectivity index (χ2v) is 6.06. The predicted octanol–water partition coefficient (Wildman–Crippen LogP) is 2.54. The summed E-state index contributed by atoms with van der Waals surface area (Å²) in [6.07, 6.45) is 2.27. The third-order valence-electron chi connectivity index (χ3n) is 3.85. The normalized spacial score (nSPS) is 20.2. The van der Waals surface area contributed by atoms with Crippen LogP contribution >= 0.6 is 11.6 Å². The number of primary amides is 1. The maximum atomic E-state index is 14.3. The van der Waals surface area contributed by atoms with Gasteiger partial charge in [0.05, 0.1) is 37.0 Å². The lowest BCUT2D eigenvalue weighted by molar-refractivity contribution is -0.0541. The van der Waals surface area contributed by atoms with E-state index in [0.717, 1.165) is 0 Å². The SMILES string of the molecule is NC(=O)OC1CCOCC1COc1ccc(-n2cc(Cl)cn2)c(F)c1. The van der Waals surface area contributed by atoms with Crippen LogP contribution in [0, 0.1) is 11.7 Å². The molecule has 1 aromatic carbocycles. The maximum Gasteiger partial charge on any atom is 0.404 e. The minimum Gasteiger partial charge on any atom is -0.493 e. The van der Waals surface area contributed by atoms with E-state index in [1.165, 1.54) is 23.1 Å². The van der Waals surface area contributed by atoms with Crippen LogP contribution in [0.25, 0.3) is 5.69 Å². The van der Waals surface area contributed by atoms with Crippen molar-refractivity contribution in [2.75, 3.05) is 19.8 Å². The van der Waals surface area contributed by atoms with E-state index in [-0.39, 0.29) is 24.3 Å². The Bertz CT molecular complexity index is 755. The molecule has 2 N–H and O–H groups in total. The number of nitrogens with zero attached hydrogens (tertiary/aromatic N) is 2. The molecule has 1 aliphatic rings. The lowest BCUT2D eigenvalue weighted by atomic mass is 9.99. The topological polar surface area (TPSA) is 88.6 Å². The number of halogens is 2. The van der Waals surface area contributed by atoms with Gasteiger partial charge in [0.25, 0.3) is 0 Å². The van der Waals surface area contributed by atoms with Crippen LogP contribution in [0.5, 0.6) is 5.75 Å². The van der Waals surface area contributed by atoms with E-state index in [4.69, 9.17) is 31.5 Å². The molecule has 2 heterocycles. The van der Waals surface area contributed by atoms with Gasteiger partial charge < -0.3 is 19.9 Å². The minimum atomic E-state index is -0.829. The minimum absolute atomic E-state index is 0.172. The Labute approximate surface area is 148 Å². The summed E-state index contributed by atoms with van der Waals surface area (Å²) in [7, 11) is 0. The van der Waals surface area contributed by atoms with Gasteiger partial charge >= 0.3 is 6.09 Å². The zero-order valence-electron chi connectivity index (χ0n) is 13.2. The second kappa shape index (κ2) is 7.71. The maximum absolute atomic E-state index is 14.3. The van der Waals surface area contributed by atoms with Gasteiger partial charge in [0.1, 0.15) is 17.5 Å². The first kappa shape index (κ1) is 17.5. The van der Waals surface area contributed by atoms with Crippen LogP contribution in [0.3, 0.4) is 0 Å². The smallest absolute Gasteiger partial charge is 0.404 e. The lowest BCUT2D eigenvalue weighted by Gasteiger charge is -2.30. The molecule has 0 radical (unpaired) electrons. The van der Waals surface area contributed by atoms with Crippen molar-refractivity contribution >= 4 is 17.7 Å². The first-order valence-electron chi connectivity index (χ1n) is 7.69. The molecule has 0 aliphatic carbocycles. The molecule has 0 spiro atoms. The third kappa shape index (κ3) is 4.40. The van der Waals surface area contributed by atoms with Gasteiger partial charge in [-0.15, -0.1) is 0 Å². The number of aromatic nitrogens is 2. The van der Waals surface area contributed by atoms with Gasteiger partial charge in [0, 0.05) is 18.7 Å². The first-order chi connectivity index (χ1) is 12.0. The molecule has 2 unspecified atom stereocenters. The summed E-state index contributed by atoms with van der Waals surface area (Å²) in [5.41, 5.74) is 5.34. The van der Waals surface area contributed by atoms with Gasteiger partial charge in [0.15, 0.2) is 5.82 Å². The van der Waals surface area contributed by atoms with Crippen LogP contribution in [-0.4, -0.2) is 41.8 Å². The van der Waals surface area contributed by atoms with Crippen LogP contribution < -0.4 is 10.5 Å². The highest BCUT2D eigenvalue weighted by Gasteiger charge is 2.29. The third-order valence-corrected chi connectivity index (χ3v) is 4.05. The van der Waals surface area contributed by atoms with Crippen LogP contribution in [0.2, 0.25) is 5.02 Å². The Morgan fingerprint density at radius 1 is 1.52 bits per heavy atom. The highest BCUT2D eigenvalue weighted by molar-refractivity contribution is 6.30. The standard InChI is InChI=1S/C16H17ClFN3O4/c17-11-6-20-21(7-11)14-2-1-12(5-13(14)18)24-9-10-8-23-4-3-15(10)25-16(19)22/h1-2,5-7,10,15H,3-4,8-9H2,(H2,19,22). The second-order valence-electron chi connectivity index (χ2n) is 5.63. The van der Waals surface area contributed by atoms with Gasteiger partial charge in [-0.25, -0.2) is 13.9 Å². The molecule has 1 amide bonds. The molecule has 9 heteroatoms. The van der Waals surface area contributed by atoms with E-state index < -0.39 is 11.9 Å². The zero-order chi connectivity index (χ0) is 17.8. The average Bonchev–Trinajstić information content (AvgIpc) is 3.00. The monoisotopic (exact) mass is 369 g/mol. The van der Waals surface area contributed by atoms with E-state index in [1.54, 1.807) is 12.1 Å². The Kier molecular flexibility index (Phi) is 5.40. The van der Waals surface area contributed by atoms with Crippen molar-refractivity contribution < 1.29 is 23.4 Å². The Morgan fingerprint density at radius 2 is 2.36 bits per heavy atom. The van der Waals surface area contributed by atoms with Crippen molar-refractivity contribution in [3.63, 3.8) is 0 Å². The molecule has 134 valence electrons. The molecule has 1 fully saturated rings. The molecule has 2 atom stereocenters. The van der Waals surface area contributed by atoms with Crippen LogP contribution in [0.15, 0.2) is 30.6 Å². The number of ether oxygens (including phenoxy) is 3. The van der Waals surface area contributed by atoms with Crippen molar-refractivity contribution in [1.29, 1.82) is 0 Å². The summed E-state index contributed by atoms with van der Waals surface area (Å²) < 4.78 is 31.7. The number of benzene rings is 1. The summed E-state index contributed by atoms with van der Waals surface area (Å²) in [5.74, 6) is -0.320. The van der Waals surface area contributed by atoms with Crippen molar-refractivity contribution in [3.8, 4) is 11.4 Å². The largest absolute Gasteiger partial charge is 0.493 e. The fourth-order valence-electron chi connectivity index (χ4n) is 2.64. The molecule has 25 heavy (non-hydrogen) atoms. The van der Waals surface area contributed by atoms with Crippen molar-refractivity contribution in [3.05, 3.63) is 41.4 Å². The summed E-state index contributed by atoms with van der Waals surface area (Å²) in [4.78, 5) is 11.0. The summed E-state index contributed by atoms with van der Waals surface area (Å²) in [6.45, 7) is 1.08. The molecule has 1 aromatic heterocycles. The summed E-state index contributed by atoms with van der Waals surface area (Å²) in [5, 5.41) is 4.37. The number of carbonyl (C=O) groups is 1. The fraction of sp³-hybridized carbons (Fsp3) is 0.375. The van der Waals surface area contributed by atoms with E-state index in [9.17, 15) is 9.18 Å². The van der Waals surface area contributed by atoms with E-state index in [1.807, 2.05) is 0 Å². The van der Waals surface area contributed by atoms with Crippen LogP contribution in [0.4, 0.5) is 9.18 Å². The number of rotatable bonds is 5. The molecular weight excluding hydrogens is 353 g/mol. The Morgan fingerprint density at radius 3 is 3.04 bits per heavy atom. The van der Waals surface area contributed by atoms with E-state index in [2.05, 4.69) is 5.10 Å². The molecule has 1 aliphatic heterocycles. The average molecular weight is 370 g/mol. The van der Waals surface area contributed by atoms with Crippen molar-refractivity contribution in [2.45, 2.75) is 12.5 Å². The quantitative estimate of drug-likeness (QED) is 0.874. The zero-order valence-corrected chi connectivity index (χ0v) is 14.0. The van der Waals surface area contributed by atoms with E-state index >= 15 is 0 Å². The number of amides is 1. The Balaban J connectivity index is 1.64. The molecule has 1 saturated heterocycles. The first-order valence-corrected chi connectivity index (χ1v) is 8.07. The molecule has 0 saturated carbocycles. The highest BCUT2D eigenvalue weighted by Crippen LogP contribution is 2.23. The molecule has 7 nitrogen and oxygen atoms in total. The highest BCUT2D eigenvalue weighted by atomic mass is 35.5. The van der Waals surface area contributed by atoms with Gasteiger partial charge in [-0.1, -0.05) is 11.6 Å². The van der Waals surface area contributed by atoms with Gasteiger partial charge in [-0.05, 0) is 12.1 Å². The van der Waals surface area contributed by atoms with Crippen molar-refractivity contribution in [1.82, 2.24) is 9.78 Å². The molecule has 2 aromatic rings. The molecule has 3 rings (SSSR count). The summed E-state index contributed by atoms with van der Waals surface area (Å²) in [6, 6.07) is 4.43. The van der Waals surface area contributed by atoms with Gasteiger partial charge in [-0.2, -0.15) is 5.10 Å². The van der Waals surface area contributed by atoms with Crippen LogP contribution in [-0.2, 0) is 9.47 Å². The molecular formula is C16H17ClFN3O4. The van der Waals surface area contributed by atoms with Crippen molar-refractivity contribution in [2.24, 2.45) is 11.7 Å². The van der Waals surface area contributed by atoms with Gasteiger partial charge in [-0.3, -0.25) is 0 Å². The Hall–Kier alpha value is -2.32. The van der Waals surface area contributed by atoms with Gasteiger partial charge in [0.2, 0.25) is 0 Å². The molecule has 0 bridgehead atoms. The number of nitrogens with two attached hydrogens (primary N) is 1. The number of hydrogen-bond acceptors (Lipinski definition) is 5. The van der Waals surface area contributed by atoms with E-state index in [0.29, 0.717) is 30.4 Å². The predicted molar refractivity (Wildman–Crippen MR) is 87.4 cm³/mol. The summed E-state index contributed by atoms with van der Waals surface area (Å²) >= 11 is 5.79. The number of hydrogen-bond donors (Lipinski definition) is 1.